The van der Waals surface area contributed by atoms with Gasteiger partial charge in [0.25, 0.3) is 5.91 Å². The van der Waals surface area contributed by atoms with Crippen LogP contribution in [-0.4, -0.2) is 28.0 Å². The molecule has 0 atom stereocenters. The van der Waals surface area contributed by atoms with Gasteiger partial charge in [0.2, 0.25) is 0 Å². The maximum absolute atomic E-state index is 12.1. The zero-order valence-electron chi connectivity index (χ0n) is 11.5. The van der Waals surface area contributed by atoms with Crippen molar-refractivity contribution in [1.82, 2.24) is 15.0 Å². The molecule has 2 aromatic heterocycles. The average Bonchev–Trinajstić information content (AvgIpc) is 2.90. The first kappa shape index (κ1) is 13.3. The molecule has 0 aliphatic rings. The van der Waals surface area contributed by atoms with Crippen LogP contribution in [0.1, 0.15) is 16.2 Å². The highest BCUT2D eigenvalue weighted by molar-refractivity contribution is 6.04. The van der Waals surface area contributed by atoms with Crippen molar-refractivity contribution in [2.75, 3.05) is 12.4 Å². The number of aromatic amines is 1. The maximum Gasteiger partial charge on any atom is 0.257 e. The summed E-state index contributed by atoms with van der Waals surface area (Å²) >= 11 is 0. The van der Waals surface area contributed by atoms with E-state index in [1.54, 1.807) is 25.4 Å². The molecule has 0 saturated carbocycles. The number of anilines is 1. The van der Waals surface area contributed by atoms with Gasteiger partial charge in [-0.3, -0.25) is 9.78 Å². The molecule has 2 heterocycles. The molecule has 21 heavy (non-hydrogen) atoms. The Labute approximate surface area is 121 Å². The molecular formula is C15H14N4O2. The number of H-pyrrole nitrogens is 1. The summed E-state index contributed by atoms with van der Waals surface area (Å²) < 4.78 is 5.04. The van der Waals surface area contributed by atoms with E-state index in [0.717, 1.165) is 16.9 Å². The molecule has 0 saturated heterocycles. The predicted octanol–water partition coefficient (Wildman–Crippen LogP) is 2.36. The number of nitrogens with zero attached hydrogens (tertiary/aromatic N) is 2. The predicted molar refractivity (Wildman–Crippen MR) is 79.0 cm³/mol. The lowest BCUT2D eigenvalue weighted by molar-refractivity contribution is 0.102. The lowest BCUT2D eigenvalue weighted by Gasteiger charge is -2.04. The van der Waals surface area contributed by atoms with Gasteiger partial charge >= 0.3 is 0 Å². The molecule has 0 aliphatic heterocycles. The monoisotopic (exact) mass is 282 g/mol. The molecule has 3 aromatic rings. The van der Waals surface area contributed by atoms with Crippen LogP contribution < -0.4 is 5.32 Å². The third-order valence-corrected chi connectivity index (χ3v) is 2.99. The van der Waals surface area contributed by atoms with Crippen molar-refractivity contribution >= 4 is 22.6 Å². The van der Waals surface area contributed by atoms with E-state index in [9.17, 15) is 4.79 Å². The third-order valence-electron chi connectivity index (χ3n) is 2.99. The van der Waals surface area contributed by atoms with Gasteiger partial charge in [-0.25, -0.2) is 4.98 Å². The molecule has 106 valence electrons. The van der Waals surface area contributed by atoms with Gasteiger partial charge in [0.15, 0.2) is 0 Å². The molecule has 3 rings (SSSR count). The van der Waals surface area contributed by atoms with Gasteiger partial charge in [0.1, 0.15) is 12.4 Å². The second-order valence-electron chi connectivity index (χ2n) is 4.54. The van der Waals surface area contributed by atoms with E-state index in [1.807, 2.05) is 18.2 Å². The van der Waals surface area contributed by atoms with Gasteiger partial charge in [-0.05, 0) is 30.3 Å². The third kappa shape index (κ3) is 2.90. The molecule has 6 heteroatoms. The van der Waals surface area contributed by atoms with E-state index in [1.165, 1.54) is 6.20 Å². The highest BCUT2D eigenvalue weighted by Crippen LogP contribution is 2.18. The normalized spacial score (nSPS) is 10.7. The minimum atomic E-state index is -0.195. The van der Waals surface area contributed by atoms with Crippen LogP contribution in [0.4, 0.5) is 5.69 Å². The highest BCUT2D eigenvalue weighted by atomic mass is 16.5. The second-order valence-corrected chi connectivity index (χ2v) is 4.54. The minimum Gasteiger partial charge on any atom is -0.377 e. The number of aromatic nitrogens is 3. The molecule has 1 amide bonds. The maximum atomic E-state index is 12.1. The average molecular weight is 282 g/mol. The smallest absolute Gasteiger partial charge is 0.257 e. The summed E-state index contributed by atoms with van der Waals surface area (Å²) in [7, 11) is 1.62. The van der Waals surface area contributed by atoms with E-state index in [4.69, 9.17) is 4.74 Å². The molecule has 0 bridgehead atoms. The zero-order valence-corrected chi connectivity index (χ0v) is 11.5. The Bertz CT molecular complexity index is 768. The van der Waals surface area contributed by atoms with Crippen molar-refractivity contribution in [3.63, 3.8) is 0 Å². The van der Waals surface area contributed by atoms with Gasteiger partial charge < -0.3 is 15.0 Å². The Morgan fingerprint density at radius 3 is 3.05 bits per heavy atom. The molecule has 0 radical (unpaired) electrons. The Morgan fingerprint density at radius 2 is 2.29 bits per heavy atom. The lowest BCUT2D eigenvalue weighted by atomic mass is 10.2. The fourth-order valence-electron chi connectivity index (χ4n) is 2.05. The summed E-state index contributed by atoms with van der Waals surface area (Å²) in [5.41, 5.74) is 2.90. The van der Waals surface area contributed by atoms with Crippen LogP contribution in [0.5, 0.6) is 0 Å². The topological polar surface area (TPSA) is 79.9 Å². The number of amides is 1. The minimum absolute atomic E-state index is 0.195. The summed E-state index contributed by atoms with van der Waals surface area (Å²) in [6.45, 7) is 0.423. The fourth-order valence-corrected chi connectivity index (χ4v) is 2.05. The van der Waals surface area contributed by atoms with E-state index >= 15 is 0 Å². The van der Waals surface area contributed by atoms with Crippen molar-refractivity contribution in [3.8, 4) is 0 Å². The number of nitrogens with one attached hydrogen (secondary N) is 2. The van der Waals surface area contributed by atoms with E-state index in [-0.39, 0.29) is 5.91 Å². The molecule has 0 aliphatic carbocycles. The summed E-state index contributed by atoms with van der Waals surface area (Å²) in [6.07, 6.45) is 3.16. The van der Waals surface area contributed by atoms with Crippen LogP contribution in [0.3, 0.4) is 0 Å². The Balaban J connectivity index is 1.82. The number of hydrogen-bond acceptors (Lipinski definition) is 4. The number of methoxy groups -OCH3 is 1. The van der Waals surface area contributed by atoms with Crippen molar-refractivity contribution in [2.24, 2.45) is 0 Å². The van der Waals surface area contributed by atoms with Crippen molar-refractivity contribution in [2.45, 2.75) is 6.61 Å². The highest BCUT2D eigenvalue weighted by Gasteiger charge is 2.08. The first-order valence-corrected chi connectivity index (χ1v) is 6.45. The number of fused-ring (bicyclic) bond motifs is 1. The second kappa shape index (κ2) is 5.72. The number of carbonyl (C=O) groups excluding carboxylic acids is 1. The Morgan fingerprint density at radius 1 is 1.38 bits per heavy atom. The summed E-state index contributed by atoms with van der Waals surface area (Å²) in [5, 5.41) is 2.83. The number of hydrogen-bond donors (Lipinski definition) is 2. The fraction of sp³-hybridized carbons (Fsp3) is 0.133. The van der Waals surface area contributed by atoms with Gasteiger partial charge in [0.05, 0.1) is 16.6 Å². The number of carbonyl (C=O) groups is 1. The summed E-state index contributed by atoms with van der Waals surface area (Å²) in [5.74, 6) is 0.558. The molecule has 6 nitrogen and oxygen atoms in total. The first-order valence-electron chi connectivity index (χ1n) is 6.45. The van der Waals surface area contributed by atoms with Crippen LogP contribution in [0.15, 0.2) is 42.7 Å². The van der Waals surface area contributed by atoms with Gasteiger partial charge in [0, 0.05) is 25.2 Å². The lowest BCUT2D eigenvalue weighted by Crippen LogP contribution is -2.11. The van der Waals surface area contributed by atoms with Crippen LogP contribution in [0, 0.1) is 0 Å². The van der Waals surface area contributed by atoms with Crippen molar-refractivity contribution in [3.05, 3.63) is 54.1 Å². The van der Waals surface area contributed by atoms with Gasteiger partial charge in [-0.15, -0.1) is 0 Å². The number of pyridine rings is 1. The molecule has 0 spiro atoms. The number of benzene rings is 1. The quantitative estimate of drug-likeness (QED) is 0.769. The van der Waals surface area contributed by atoms with Crippen molar-refractivity contribution in [1.29, 1.82) is 0 Å². The van der Waals surface area contributed by atoms with E-state index in [0.29, 0.717) is 17.9 Å². The summed E-state index contributed by atoms with van der Waals surface area (Å²) in [4.78, 5) is 23.5. The van der Waals surface area contributed by atoms with Crippen LogP contribution >= 0.6 is 0 Å². The molecular weight excluding hydrogens is 268 g/mol. The zero-order chi connectivity index (χ0) is 14.7. The summed E-state index contributed by atoms with van der Waals surface area (Å²) in [6, 6.07) is 8.95. The van der Waals surface area contributed by atoms with Crippen LogP contribution in [0.25, 0.3) is 11.0 Å². The number of imidazole rings is 1. The molecule has 0 unspecified atom stereocenters. The van der Waals surface area contributed by atoms with Gasteiger partial charge in [-0.2, -0.15) is 0 Å². The molecule has 1 aromatic carbocycles. The Kier molecular flexibility index (Phi) is 3.61. The van der Waals surface area contributed by atoms with Crippen LogP contribution in [-0.2, 0) is 11.3 Å². The van der Waals surface area contributed by atoms with Crippen molar-refractivity contribution < 1.29 is 9.53 Å². The number of rotatable bonds is 4. The molecule has 2 N–H and O–H groups in total. The largest absolute Gasteiger partial charge is 0.377 e. The van der Waals surface area contributed by atoms with Gasteiger partial charge in [-0.1, -0.05) is 0 Å². The van der Waals surface area contributed by atoms with Crippen LogP contribution in [0.2, 0.25) is 0 Å². The number of ether oxygens (including phenoxy) is 1. The standard InChI is InChI=1S/C15H14N4O2/c1-21-9-14-18-12-5-4-11(7-13(12)19-14)17-15(20)10-3-2-6-16-8-10/h2-8H,9H2,1H3,(H,17,20)(H,18,19). The van der Waals surface area contributed by atoms with E-state index < -0.39 is 0 Å². The van der Waals surface area contributed by atoms with E-state index in [2.05, 4.69) is 20.3 Å². The SMILES string of the molecule is COCc1nc2ccc(NC(=O)c3cccnc3)cc2[nH]1. The Hall–Kier alpha value is -2.73. The molecule has 0 fully saturated rings. The first-order chi connectivity index (χ1) is 10.3.